The molecule has 0 radical (unpaired) electrons. The maximum absolute atomic E-state index is 12.9. The van der Waals surface area contributed by atoms with E-state index in [2.05, 4.69) is 5.32 Å². The molecule has 1 N–H and O–H groups in total. The molecule has 150 valence electrons. The number of fused-ring (bicyclic) bond motifs is 1. The number of hydrogen-bond donors (Lipinski definition) is 1. The maximum atomic E-state index is 12.9. The van der Waals surface area contributed by atoms with Gasteiger partial charge in [-0.05, 0) is 43.9 Å². The average molecular weight is 423 g/mol. The van der Waals surface area contributed by atoms with E-state index in [9.17, 15) is 18.0 Å². The number of nitrogens with one attached hydrogen (secondary N) is 1. The highest BCUT2D eigenvalue weighted by atomic mass is 32.2. The van der Waals surface area contributed by atoms with E-state index < -0.39 is 27.9 Å². The summed E-state index contributed by atoms with van der Waals surface area (Å²) in [6, 6.07) is 7.44. The SMILES string of the molecule is COC(=O)c1c(NC(=O)[C@@H](C)N(c2ccccc2)S(C)(=O)=O)sc2c1CCC2. The summed E-state index contributed by atoms with van der Waals surface area (Å²) in [7, 11) is -2.40. The zero-order valence-electron chi connectivity index (χ0n) is 15.9. The van der Waals surface area contributed by atoms with E-state index in [1.54, 1.807) is 30.3 Å². The Kier molecular flexibility index (Phi) is 5.76. The summed E-state index contributed by atoms with van der Waals surface area (Å²) < 4.78 is 30.6. The number of thiophene rings is 1. The number of esters is 1. The van der Waals surface area contributed by atoms with E-state index in [-0.39, 0.29) is 0 Å². The van der Waals surface area contributed by atoms with Crippen LogP contribution in [0.2, 0.25) is 0 Å². The Labute approximate surface area is 168 Å². The van der Waals surface area contributed by atoms with Crippen LogP contribution in [0, 0.1) is 0 Å². The lowest BCUT2D eigenvalue weighted by atomic mass is 10.1. The van der Waals surface area contributed by atoms with E-state index >= 15 is 0 Å². The summed E-state index contributed by atoms with van der Waals surface area (Å²) in [6.07, 6.45) is 3.64. The van der Waals surface area contributed by atoms with Gasteiger partial charge < -0.3 is 10.1 Å². The molecule has 28 heavy (non-hydrogen) atoms. The fraction of sp³-hybridized carbons (Fsp3) is 0.368. The highest BCUT2D eigenvalue weighted by Crippen LogP contribution is 2.39. The van der Waals surface area contributed by atoms with Gasteiger partial charge in [-0.3, -0.25) is 9.10 Å². The summed E-state index contributed by atoms with van der Waals surface area (Å²) in [4.78, 5) is 26.2. The van der Waals surface area contributed by atoms with Gasteiger partial charge in [-0.15, -0.1) is 11.3 Å². The second kappa shape index (κ2) is 7.92. The van der Waals surface area contributed by atoms with Gasteiger partial charge in [-0.2, -0.15) is 0 Å². The number of rotatable bonds is 6. The fourth-order valence-electron chi connectivity index (χ4n) is 3.41. The number of sulfonamides is 1. The van der Waals surface area contributed by atoms with E-state index in [1.807, 2.05) is 0 Å². The molecule has 0 fully saturated rings. The van der Waals surface area contributed by atoms with Crippen LogP contribution in [0.5, 0.6) is 0 Å². The Morgan fingerprint density at radius 2 is 1.89 bits per heavy atom. The van der Waals surface area contributed by atoms with Crippen LogP contribution in [0.1, 0.15) is 34.1 Å². The molecule has 1 heterocycles. The molecule has 2 aromatic rings. The number of anilines is 2. The second-order valence-electron chi connectivity index (χ2n) is 6.61. The smallest absolute Gasteiger partial charge is 0.341 e. The monoisotopic (exact) mass is 422 g/mol. The van der Waals surface area contributed by atoms with Crippen molar-refractivity contribution in [2.75, 3.05) is 23.0 Å². The van der Waals surface area contributed by atoms with E-state index in [0.717, 1.165) is 40.3 Å². The number of benzene rings is 1. The Morgan fingerprint density at radius 3 is 2.50 bits per heavy atom. The molecule has 1 aliphatic rings. The van der Waals surface area contributed by atoms with E-state index in [1.165, 1.54) is 25.4 Å². The van der Waals surface area contributed by atoms with Crippen LogP contribution >= 0.6 is 11.3 Å². The van der Waals surface area contributed by atoms with Gasteiger partial charge in [0.1, 0.15) is 11.0 Å². The predicted molar refractivity (Wildman–Crippen MR) is 110 cm³/mol. The van der Waals surface area contributed by atoms with Crippen LogP contribution < -0.4 is 9.62 Å². The molecule has 1 aromatic heterocycles. The van der Waals surface area contributed by atoms with Crippen molar-refractivity contribution in [2.45, 2.75) is 32.2 Å². The van der Waals surface area contributed by atoms with Crippen molar-refractivity contribution >= 4 is 43.9 Å². The number of amides is 1. The summed E-state index contributed by atoms with van der Waals surface area (Å²) in [5.41, 5.74) is 1.70. The molecule has 1 aromatic carbocycles. The number of para-hydroxylation sites is 1. The predicted octanol–water partition coefficient (Wildman–Crippen LogP) is 2.82. The normalized spacial score (nSPS) is 14.2. The van der Waals surface area contributed by atoms with Crippen LogP contribution in [0.3, 0.4) is 0 Å². The first-order valence-electron chi connectivity index (χ1n) is 8.82. The van der Waals surface area contributed by atoms with Crippen LogP contribution in [-0.2, 0) is 32.4 Å². The molecule has 0 aliphatic heterocycles. The molecule has 7 nitrogen and oxygen atoms in total. The number of aryl methyl sites for hydroxylation is 1. The molecule has 0 spiro atoms. The van der Waals surface area contributed by atoms with Crippen molar-refractivity contribution in [2.24, 2.45) is 0 Å². The molecule has 0 saturated carbocycles. The number of carbonyl (C=O) groups excluding carboxylic acids is 2. The molecule has 1 atom stereocenters. The van der Waals surface area contributed by atoms with Crippen molar-refractivity contribution < 1.29 is 22.7 Å². The largest absolute Gasteiger partial charge is 0.465 e. The quantitative estimate of drug-likeness (QED) is 0.723. The lowest BCUT2D eigenvalue weighted by Crippen LogP contribution is -2.45. The van der Waals surface area contributed by atoms with Crippen molar-refractivity contribution in [3.05, 3.63) is 46.3 Å². The Bertz CT molecular complexity index is 999. The van der Waals surface area contributed by atoms with Crippen molar-refractivity contribution in [3.8, 4) is 0 Å². The van der Waals surface area contributed by atoms with Gasteiger partial charge in [0.2, 0.25) is 15.9 Å². The number of methoxy groups -OCH3 is 1. The minimum Gasteiger partial charge on any atom is -0.465 e. The maximum Gasteiger partial charge on any atom is 0.341 e. The van der Waals surface area contributed by atoms with Crippen LogP contribution in [-0.4, -0.2) is 39.7 Å². The first-order valence-corrected chi connectivity index (χ1v) is 11.5. The standard InChI is InChI=1S/C19H22N2O5S2/c1-12(21(28(3,24)25)13-8-5-4-6-9-13)17(22)20-18-16(19(23)26-2)14-10-7-11-15(14)27-18/h4-6,8-9,12H,7,10-11H2,1-3H3,(H,20,22)/t12-/m1/s1. The minimum absolute atomic E-state index is 0.381. The first kappa shape index (κ1) is 20.3. The van der Waals surface area contributed by atoms with Crippen LogP contribution in [0.4, 0.5) is 10.7 Å². The molecule has 0 bridgehead atoms. The number of hydrogen-bond acceptors (Lipinski definition) is 6. The summed E-state index contributed by atoms with van der Waals surface area (Å²) in [5, 5.41) is 3.16. The van der Waals surface area contributed by atoms with Crippen molar-refractivity contribution in [3.63, 3.8) is 0 Å². The van der Waals surface area contributed by atoms with Gasteiger partial charge in [-0.25, -0.2) is 13.2 Å². The van der Waals surface area contributed by atoms with Crippen LogP contribution in [0.25, 0.3) is 0 Å². The van der Waals surface area contributed by atoms with E-state index in [0.29, 0.717) is 16.3 Å². The topological polar surface area (TPSA) is 92.8 Å². The lowest BCUT2D eigenvalue weighted by molar-refractivity contribution is -0.116. The number of carbonyl (C=O) groups is 2. The molecular weight excluding hydrogens is 400 g/mol. The third-order valence-corrected chi connectivity index (χ3v) is 7.10. The van der Waals surface area contributed by atoms with Gasteiger partial charge in [-0.1, -0.05) is 18.2 Å². The summed E-state index contributed by atoms with van der Waals surface area (Å²) in [5.74, 6) is -1.01. The van der Waals surface area contributed by atoms with Crippen molar-refractivity contribution in [1.82, 2.24) is 0 Å². The van der Waals surface area contributed by atoms with Gasteiger partial charge in [0, 0.05) is 4.88 Å². The Balaban J connectivity index is 1.91. The van der Waals surface area contributed by atoms with Gasteiger partial charge >= 0.3 is 5.97 Å². The molecule has 3 rings (SSSR count). The number of ether oxygens (including phenoxy) is 1. The highest BCUT2D eigenvalue weighted by molar-refractivity contribution is 7.92. The first-order chi connectivity index (χ1) is 13.2. The highest BCUT2D eigenvalue weighted by Gasteiger charge is 2.32. The average Bonchev–Trinajstić information content (AvgIpc) is 3.21. The van der Waals surface area contributed by atoms with Crippen LogP contribution in [0.15, 0.2) is 30.3 Å². The zero-order chi connectivity index (χ0) is 20.5. The molecule has 0 saturated heterocycles. The molecule has 1 aliphatic carbocycles. The summed E-state index contributed by atoms with van der Waals surface area (Å²) >= 11 is 1.35. The lowest BCUT2D eigenvalue weighted by Gasteiger charge is -2.28. The molecule has 0 unspecified atom stereocenters. The van der Waals surface area contributed by atoms with Gasteiger partial charge in [0.05, 0.1) is 24.6 Å². The van der Waals surface area contributed by atoms with Gasteiger partial charge in [0.15, 0.2) is 0 Å². The zero-order valence-corrected chi connectivity index (χ0v) is 17.5. The molecule has 1 amide bonds. The van der Waals surface area contributed by atoms with Gasteiger partial charge in [0.25, 0.3) is 0 Å². The summed E-state index contributed by atoms with van der Waals surface area (Å²) in [6.45, 7) is 1.52. The molecule has 9 heteroatoms. The third-order valence-electron chi connectivity index (χ3n) is 4.65. The third kappa shape index (κ3) is 3.90. The Morgan fingerprint density at radius 1 is 1.21 bits per heavy atom. The van der Waals surface area contributed by atoms with Crippen molar-refractivity contribution in [1.29, 1.82) is 0 Å². The second-order valence-corrected chi connectivity index (χ2v) is 9.58. The van der Waals surface area contributed by atoms with E-state index in [4.69, 9.17) is 4.74 Å². The fourth-order valence-corrected chi connectivity index (χ4v) is 5.87. The number of nitrogens with zero attached hydrogens (tertiary/aromatic N) is 1. The minimum atomic E-state index is -3.70. The Hall–Kier alpha value is -2.39. The molecular formula is C19H22N2O5S2.